The molecule has 4 rings (SSSR count). The molecule has 8 heteroatoms. The van der Waals surface area contributed by atoms with Gasteiger partial charge in [-0.3, -0.25) is 4.68 Å². The van der Waals surface area contributed by atoms with Crippen LogP contribution in [0.3, 0.4) is 0 Å². The van der Waals surface area contributed by atoms with Gasteiger partial charge in [-0.25, -0.2) is 13.4 Å². The molecule has 1 fully saturated rings. The van der Waals surface area contributed by atoms with Gasteiger partial charge in [-0.05, 0) is 30.5 Å². The van der Waals surface area contributed by atoms with E-state index in [1.54, 1.807) is 17.1 Å². The maximum Gasteiger partial charge on any atom is 0.150 e. The number of nitrogens with one attached hydrogen (secondary N) is 1. The molecule has 0 atom stereocenters. The topological polar surface area (TPSA) is 104 Å². The monoisotopic (exact) mass is 355 g/mol. The van der Waals surface area contributed by atoms with Crippen LogP contribution in [0, 0.1) is 11.3 Å². The minimum atomic E-state index is -3.01. The zero-order chi connectivity index (χ0) is 17.5. The summed E-state index contributed by atoms with van der Waals surface area (Å²) in [6, 6.07) is 6.10. The summed E-state index contributed by atoms with van der Waals surface area (Å²) in [6.07, 6.45) is 8.35. The molecule has 0 aliphatic carbocycles. The van der Waals surface area contributed by atoms with E-state index in [1.165, 1.54) is 0 Å². The summed E-state index contributed by atoms with van der Waals surface area (Å²) in [5.41, 5.74) is 2.19. The van der Waals surface area contributed by atoms with Gasteiger partial charge in [0.05, 0.1) is 35.7 Å². The Morgan fingerprint density at radius 1 is 1.32 bits per heavy atom. The molecule has 0 spiro atoms. The average molecular weight is 355 g/mol. The summed E-state index contributed by atoms with van der Waals surface area (Å²) in [5.74, 6) is 0.197. The second-order valence-corrected chi connectivity index (χ2v) is 8.79. The Morgan fingerprint density at radius 2 is 2.12 bits per heavy atom. The summed E-state index contributed by atoms with van der Waals surface area (Å²) >= 11 is 0. The first kappa shape index (κ1) is 15.8. The van der Waals surface area contributed by atoms with Crippen LogP contribution in [0.25, 0.3) is 22.2 Å². The van der Waals surface area contributed by atoms with Gasteiger partial charge in [0.25, 0.3) is 0 Å². The smallest absolute Gasteiger partial charge is 0.150 e. The van der Waals surface area contributed by atoms with Crippen molar-refractivity contribution in [3.05, 3.63) is 36.9 Å². The summed E-state index contributed by atoms with van der Waals surface area (Å²) in [4.78, 5) is 7.38. The van der Waals surface area contributed by atoms with Crippen LogP contribution in [-0.2, 0) is 15.4 Å². The number of aromatic amines is 1. The van der Waals surface area contributed by atoms with E-state index >= 15 is 0 Å². The van der Waals surface area contributed by atoms with E-state index < -0.39 is 15.4 Å². The molecule has 3 aromatic rings. The Morgan fingerprint density at radius 3 is 2.88 bits per heavy atom. The first-order valence-electron chi connectivity index (χ1n) is 8.08. The van der Waals surface area contributed by atoms with Gasteiger partial charge in [-0.2, -0.15) is 10.4 Å². The van der Waals surface area contributed by atoms with E-state index in [9.17, 15) is 13.7 Å². The van der Waals surface area contributed by atoms with Crippen LogP contribution < -0.4 is 0 Å². The Bertz CT molecular complexity index is 1060. The van der Waals surface area contributed by atoms with E-state index in [4.69, 9.17) is 0 Å². The zero-order valence-electron chi connectivity index (χ0n) is 13.5. The highest BCUT2D eigenvalue weighted by molar-refractivity contribution is 7.91. The van der Waals surface area contributed by atoms with Crippen molar-refractivity contribution in [3.63, 3.8) is 0 Å². The van der Waals surface area contributed by atoms with Gasteiger partial charge in [0.1, 0.15) is 5.65 Å². The molecule has 3 aromatic heterocycles. The third kappa shape index (κ3) is 2.70. The number of fused-ring (bicyclic) bond motifs is 1. The van der Waals surface area contributed by atoms with Gasteiger partial charge >= 0.3 is 0 Å². The summed E-state index contributed by atoms with van der Waals surface area (Å²) in [5, 5.41) is 14.7. The molecule has 0 saturated carbocycles. The first-order chi connectivity index (χ1) is 12.0. The van der Waals surface area contributed by atoms with Gasteiger partial charge in [0.2, 0.25) is 0 Å². The molecule has 1 aliphatic rings. The molecule has 0 bridgehead atoms. The van der Waals surface area contributed by atoms with E-state index in [1.807, 2.05) is 24.5 Å². The number of H-pyrrole nitrogens is 1. The fourth-order valence-electron chi connectivity index (χ4n) is 3.49. The molecule has 0 amide bonds. The maximum absolute atomic E-state index is 11.8. The molecule has 1 saturated heterocycles. The second kappa shape index (κ2) is 5.70. The van der Waals surface area contributed by atoms with Crippen LogP contribution in [0.4, 0.5) is 0 Å². The number of aromatic nitrogens is 4. The zero-order valence-corrected chi connectivity index (χ0v) is 14.3. The highest BCUT2D eigenvalue weighted by atomic mass is 32.2. The molecular weight excluding hydrogens is 338 g/mol. The van der Waals surface area contributed by atoms with E-state index in [2.05, 4.69) is 21.1 Å². The van der Waals surface area contributed by atoms with Gasteiger partial charge in [0.15, 0.2) is 9.84 Å². The molecule has 128 valence electrons. The highest BCUT2D eigenvalue weighted by Crippen LogP contribution is 2.36. The van der Waals surface area contributed by atoms with Crippen molar-refractivity contribution < 1.29 is 8.42 Å². The molecule has 0 unspecified atom stereocenters. The van der Waals surface area contributed by atoms with Crippen molar-refractivity contribution in [2.45, 2.75) is 24.8 Å². The van der Waals surface area contributed by atoms with Crippen LogP contribution in [0.15, 0.2) is 36.9 Å². The van der Waals surface area contributed by atoms with Crippen molar-refractivity contribution >= 4 is 20.9 Å². The Labute approximate surface area is 145 Å². The van der Waals surface area contributed by atoms with E-state index in [-0.39, 0.29) is 17.9 Å². The predicted octanol–water partition coefficient (Wildman–Crippen LogP) is 2.24. The summed E-state index contributed by atoms with van der Waals surface area (Å²) in [6.45, 7) is 0. The number of nitriles is 1. The quantitative estimate of drug-likeness (QED) is 0.776. The van der Waals surface area contributed by atoms with Gasteiger partial charge in [0, 0.05) is 29.5 Å². The Hall–Kier alpha value is -2.66. The van der Waals surface area contributed by atoms with Crippen LogP contribution in [0.1, 0.15) is 19.3 Å². The van der Waals surface area contributed by atoms with Crippen molar-refractivity contribution in [1.29, 1.82) is 5.26 Å². The van der Waals surface area contributed by atoms with Crippen molar-refractivity contribution in [1.82, 2.24) is 19.7 Å². The molecule has 1 N–H and O–H groups in total. The lowest BCUT2D eigenvalue weighted by molar-refractivity contribution is 0.234. The summed E-state index contributed by atoms with van der Waals surface area (Å²) in [7, 11) is -3.01. The molecule has 0 radical (unpaired) electrons. The fourth-order valence-corrected chi connectivity index (χ4v) is 5.07. The van der Waals surface area contributed by atoms with Gasteiger partial charge < -0.3 is 4.98 Å². The Kier molecular flexibility index (Phi) is 3.62. The first-order valence-corrected chi connectivity index (χ1v) is 9.90. The molecule has 1 aliphatic heterocycles. The van der Waals surface area contributed by atoms with Crippen LogP contribution in [0.2, 0.25) is 0 Å². The normalized spacial score (nSPS) is 18.8. The molecule has 4 heterocycles. The molecule has 0 aromatic carbocycles. The van der Waals surface area contributed by atoms with Crippen LogP contribution in [0.5, 0.6) is 0 Å². The number of sulfone groups is 1. The minimum Gasteiger partial charge on any atom is -0.346 e. The SMILES string of the molecule is N#CCC1(n2cc(-c3ccnc4[nH]ccc34)cn2)CCS(=O)(=O)CC1. The molecule has 7 nitrogen and oxygen atoms in total. The van der Waals surface area contributed by atoms with Gasteiger partial charge in [-0.1, -0.05) is 0 Å². The van der Waals surface area contributed by atoms with Crippen molar-refractivity contribution in [3.8, 4) is 17.2 Å². The lowest BCUT2D eigenvalue weighted by atomic mass is 9.89. The largest absolute Gasteiger partial charge is 0.346 e. The fraction of sp³-hybridized carbons (Fsp3) is 0.353. The maximum atomic E-state index is 11.8. The highest BCUT2D eigenvalue weighted by Gasteiger charge is 2.39. The van der Waals surface area contributed by atoms with E-state index in [0.717, 1.165) is 22.2 Å². The van der Waals surface area contributed by atoms with Crippen LogP contribution >= 0.6 is 0 Å². The van der Waals surface area contributed by atoms with E-state index in [0.29, 0.717) is 12.8 Å². The number of pyridine rings is 1. The lowest BCUT2D eigenvalue weighted by Gasteiger charge is -2.35. The third-order valence-electron chi connectivity index (χ3n) is 5.00. The third-order valence-corrected chi connectivity index (χ3v) is 6.66. The number of rotatable bonds is 3. The lowest BCUT2D eigenvalue weighted by Crippen LogP contribution is -2.42. The molecular formula is C17H17N5O2S. The van der Waals surface area contributed by atoms with Crippen molar-refractivity contribution in [2.24, 2.45) is 0 Å². The standard InChI is InChI=1S/C17H17N5O2S/c18-6-3-17(4-9-25(23,24)10-5-17)22-12-13(11-21-22)14-1-7-19-16-15(14)2-8-20-16/h1-2,7-8,11-12H,3-5,9-10H2,(H,19,20). The average Bonchev–Trinajstić information content (AvgIpc) is 3.26. The second-order valence-electron chi connectivity index (χ2n) is 6.48. The minimum absolute atomic E-state index is 0.0984. The van der Waals surface area contributed by atoms with Gasteiger partial charge in [-0.15, -0.1) is 0 Å². The summed E-state index contributed by atoms with van der Waals surface area (Å²) < 4.78 is 25.4. The van der Waals surface area contributed by atoms with Crippen molar-refractivity contribution in [2.75, 3.05) is 11.5 Å². The molecule has 25 heavy (non-hydrogen) atoms. The van der Waals surface area contributed by atoms with Crippen LogP contribution in [-0.4, -0.2) is 39.7 Å². The number of hydrogen-bond donors (Lipinski definition) is 1. The number of nitrogens with zero attached hydrogens (tertiary/aromatic N) is 4. The Balaban J connectivity index is 1.75. The predicted molar refractivity (Wildman–Crippen MR) is 93.4 cm³/mol. The number of hydrogen-bond acceptors (Lipinski definition) is 5.